The zero-order valence-electron chi connectivity index (χ0n) is 15.5. The molecule has 7 heteroatoms. The Kier molecular flexibility index (Phi) is 5.41. The van der Waals surface area contributed by atoms with Crippen molar-refractivity contribution in [3.05, 3.63) is 70.8 Å². The van der Waals surface area contributed by atoms with Crippen LogP contribution in [0.25, 0.3) is 11.1 Å². The number of pyridine rings is 1. The van der Waals surface area contributed by atoms with E-state index in [1.165, 1.54) is 0 Å². The molecule has 4 rings (SSSR count). The van der Waals surface area contributed by atoms with Crippen molar-refractivity contribution >= 4 is 17.5 Å². The van der Waals surface area contributed by atoms with Crippen molar-refractivity contribution in [1.29, 1.82) is 0 Å². The van der Waals surface area contributed by atoms with E-state index in [-0.39, 0.29) is 17.8 Å². The van der Waals surface area contributed by atoms with Crippen LogP contribution in [0.1, 0.15) is 35.0 Å². The number of amides is 1. The highest BCUT2D eigenvalue weighted by atomic mass is 35.5. The van der Waals surface area contributed by atoms with Crippen molar-refractivity contribution < 1.29 is 14.1 Å². The predicted molar refractivity (Wildman–Crippen MR) is 105 cm³/mol. The number of ether oxygens (including phenoxy) is 1. The summed E-state index contributed by atoms with van der Waals surface area (Å²) in [5.41, 5.74) is 3.54. The van der Waals surface area contributed by atoms with Gasteiger partial charge in [0.15, 0.2) is 0 Å². The van der Waals surface area contributed by atoms with E-state index in [4.69, 9.17) is 20.9 Å². The second-order valence-corrected chi connectivity index (χ2v) is 7.07. The summed E-state index contributed by atoms with van der Waals surface area (Å²) in [6.45, 7) is 3.35. The number of carbonyl (C=O) groups excluding carboxylic acids is 1. The zero-order valence-corrected chi connectivity index (χ0v) is 16.2. The van der Waals surface area contributed by atoms with E-state index in [1.54, 1.807) is 17.2 Å². The van der Waals surface area contributed by atoms with E-state index >= 15 is 0 Å². The van der Waals surface area contributed by atoms with Crippen LogP contribution in [0.3, 0.4) is 0 Å². The predicted octanol–water partition coefficient (Wildman–Crippen LogP) is 4.17. The van der Waals surface area contributed by atoms with E-state index < -0.39 is 0 Å². The summed E-state index contributed by atoms with van der Waals surface area (Å²) in [4.78, 5) is 19.0. The molecule has 3 aromatic rings. The number of hydrogen-bond donors (Lipinski definition) is 0. The molecule has 1 fully saturated rings. The molecule has 28 heavy (non-hydrogen) atoms. The minimum absolute atomic E-state index is 0.170. The zero-order chi connectivity index (χ0) is 19.5. The Labute approximate surface area is 168 Å². The molecule has 6 nitrogen and oxygen atoms in total. The number of benzene rings is 1. The molecule has 1 aromatic carbocycles. The smallest absolute Gasteiger partial charge is 0.292 e. The van der Waals surface area contributed by atoms with Crippen LogP contribution in [0.4, 0.5) is 0 Å². The Morgan fingerprint density at radius 1 is 1.25 bits per heavy atom. The molecule has 1 aliphatic heterocycles. The maximum absolute atomic E-state index is 12.7. The van der Waals surface area contributed by atoms with Gasteiger partial charge < -0.3 is 14.2 Å². The molecule has 0 unspecified atom stereocenters. The molecule has 1 atom stereocenters. The topological polar surface area (TPSA) is 68.5 Å². The molecule has 0 saturated carbocycles. The third-order valence-corrected chi connectivity index (χ3v) is 4.99. The maximum Gasteiger partial charge on any atom is 0.292 e. The van der Waals surface area contributed by atoms with Gasteiger partial charge in [0.2, 0.25) is 5.76 Å². The first-order valence-corrected chi connectivity index (χ1v) is 9.60. The van der Waals surface area contributed by atoms with Crippen molar-refractivity contribution in [2.45, 2.75) is 19.4 Å². The van der Waals surface area contributed by atoms with Crippen LogP contribution in [0.15, 0.2) is 53.2 Å². The third-order valence-electron chi connectivity index (χ3n) is 4.76. The summed E-state index contributed by atoms with van der Waals surface area (Å²) in [5.74, 6) is 0.0952. The van der Waals surface area contributed by atoms with Gasteiger partial charge in [-0.15, -0.1) is 0 Å². The second-order valence-electron chi connectivity index (χ2n) is 6.63. The number of aromatic nitrogens is 2. The van der Waals surface area contributed by atoms with Gasteiger partial charge >= 0.3 is 0 Å². The highest BCUT2D eigenvalue weighted by Crippen LogP contribution is 2.26. The second kappa shape index (κ2) is 8.12. The Balaban J connectivity index is 1.47. The average Bonchev–Trinajstić information content (AvgIpc) is 3.23. The monoisotopic (exact) mass is 397 g/mol. The Morgan fingerprint density at radius 3 is 2.86 bits per heavy atom. The number of nitrogens with zero attached hydrogens (tertiary/aromatic N) is 3. The minimum Gasteiger partial charge on any atom is -0.368 e. The van der Waals surface area contributed by atoms with Gasteiger partial charge in [0.05, 0.1) is 24.5 Å². The van der Waals surface area contributed by atoms with Crippen LogP contribution in [-0.2, 0) is 11.2 Å². The molecule has 1 amide bonds. The standard InChI is InChI=1S/C21H20ClN3O3/c1-2-17-11-19(28-24-17)21(26)25-8-9-27-20(13-25)18-7-6-15(12-23-18)14-4-3-5-16(22)10-14/h3-7,10-12,20H,2,8-9,13H2,1H3/t20-/m1/s1. The van der Waals surface area contributed by atoms with Crippen LogP contribution >= 0.6 is 11.6 Å². The van der Waals surface area contributed by atoms with Crippen molar-refractivity contribution in [3.63, 3.8) is 0 Å². The minimum atomic E-state index is -0.278. The molecule has 0 aliphatic carbocycles. The maximum atomic E-state index is 12.7. The van der Waals surface area contributed by atoms with E-state index in [1.807, 2.05) is 43.3 Å². The van der Waals surface area contributed by atoms with Crippen molar-refractivity contribution in [3.8, 4) is 11.1 Å². The van der Waals surface area contributed by atoms with Crippen molar-refractivity contribution in [1.82, 2.24) is 15.0 Å². The highest BCUT2D eigenvalue weighted by molar-refractivity contribution is 6.30. The lowest BCUT2D eigenvalue weighted by Crippen LogP contribution is -2.42. The van der Waals surface area contributed by atoms with Crippen LogP contribution in [0, 0.1) is 0 Å². The molecule has 0 radical (unpaired) electrons. The molecule has 0 bridgehead atoms. The SMILES string of the molecule is CCc1cc(C(=O)N2CCO[C@@H](c3ccc(-c4cccc(Cl)c4)cn3)C2)on1. The summed E-state index contributed by atoms with van der Waals surface area (Å²) in [5, 5.41) is 4.58. The van der Waals surface area contributed by atoms with Crippen LogP contribution in [-0.4, -0.2) is 40.6 Å². The fourth-order valence-corrected chi connectivity index (χ4v) is 3.37. The van der Waals surface area contributed by atoms with Crippen LogP contribution in [0.5, 0.6) is 0 Å². The molecule has 144 valence electrons. The molecular weight excluding hydrogens is 378 g/mol. The van der Waals surface area contributed by atoms with Crippen LogP contribution in [0.2, 0.25) is 5.02 Å². The van der Waals surface area contributed by atoms with Crippen LogP contribution < -0.4 is 0 Å². The van der Waals surface area contributed by atoms with Gasteiger partial charge in [-0.3, -0.25) is 9.78 Å². The van der Waals surface area contributed by atoms with Gasteiger partial charge in [-0.05, 0) is 30.2 Å². The number of morpholine rings is 1. The summed E-state index contributed by atoms with van der Waals surface area (Å²) in [7, 11) is 0. The quantitative estimate of drug-likeness (QED) is 0.661. The molecule has 3 heterocycles. The fraction of sp³-hybridized carbons (Fsp3) is 0.286. The number of hydrogen-bond acceptors (Lipinski definition) is 5. The summed E-state index contributed by atoms with van der Waals surface area (Å²) in [6, 6.07) is 13.3. The van der Waals surface area contributed by atoms with Gasteiger partial charge in [-0.1, -0.05) is 41.9 Å². The van der Waals surface area contributed by atoms with Crippen molar-refractivity contribution in [2.24, 2.45) is 0 Å². The lowest BCUT2D eigenvalue weighted by atomic mass is 10.1. The summed E-state index contributed by atoms with van der Waals surface area (Å²) < 4.78 is 11.0. The number of halogens is 1. The first kappa shape index (κ1) is 18.7. The van der Waals surface area contributed by atoms with Gasteiger partial charge in [0, 0.05) is 29.4 Å². The Morgan fingerprint density at radius 2 is 2.14 bits per heavy atom. The number of carbonyl (C=O) groups is 1. The molecule has 2 aromatic heterocycles. The van der Waals surface area contributed by atoms with Gasteiger partial charge in [-0.2, -0.15) is 0 Å². The molecule has 1 saturated heterocycles. The van der Waals surface area contributed by atoms with E-state index in [0.29, 0.717) is 24.7 Å². The summed E-state index contributed by atoms with van der Waals surface area (Å²) >= 11 is 6.06. The lowest BCUT2D eigenvalue weighted by molar-refractivity contribution is -0.0258. The van der Waals surface area contributed by atoms with E-state index in [0.717, 1.165) is 28.9 Å². The van der Waals surface area contributed by atoms with E-state index in [9.17, 15) is 4.79 Å². The number of aryl methyl sites for hydroxylation is 1. The molecule has 0 N–H and O–H groups in total. The molecule has 0 spiro atoms. The normalized spacial score (nSPS) is 16.9. The lowest BCUT2D eigenvalue weighted by Gasteiger charge is -2.32. The first-order valence-electron chi connectivity index (χ1n) is 9.22. The molecule has 1 aliphatic rings. The third kappa shape index (κ3) is 3.93. The Hall–Kier alpha value is -2.70. The highest BCUT2D eigenvalue weighted by Gasteiger charge is 2.29. The van der Waals surface area contributed by atoms with Gasteiger partial charge in [0.25, 0.3) is 5.91 Å². The Bertz CT molecular complexity index is 971. The van der Waals surface area contributed by atoms with Gasteiger partial charge in [-0.25, -0.2) is 0 Å². The van der Waals surface area contributed by atoms with E-state index in [2.05, 4.69) is 10.1 Å². The van der Waals surface area contributed by atoms with Crippen molar-refractivity contribution in [2.75, 3.05) is 19.7 Å². The number of rotatable bonds is 4. The first-order chi connectivity index (χ1) is 13.6. The fourth-order valence-electron chi connectivity index (χ4n) is 3.18. The summed E-state index contributed by atoms with van der Waals surface area (Å²) in [6.07, 6.45) is 2.25. The van der Waals surface area contributed by atoms with Gasteiger partial charge in [0.1, 0.15) is 6.10 Å². The largest absolute Gasteiger partial charge is 0.368 e. The average molecular weight is 398 g/mol. The molecular formula is C21H20ClN3O3.